The van der Waals surface area contributed by atoms with Crippen LogP contribution in [0, 0.1) is 0 Å². The van der Waals surface area contributed by atoms with Crippen LogP contribution in [0.5, 0.6) is 0 Å². The summed E-state index contributed by atoms with van der Waals surface area (Å²) in [5.41, 5.74) is 2.63. The van der Waals surface area contributed by atoms with Crippen LogP contribution in [0.15, 0.2) is 57.9 Å². The quantitative estimate of drug-likeness (QED) is 0.158. The van der Waals surface area contributed by atoms with E-state index in [2.05, 4.69) is 35.9 Å². The average Bonchev–Trinajstić information content (AvgIpc) is 2.86. The van der Waals surface area contributed by atoms with Crippen LogP contribution in [0.25, 0.3) is 22.2 Å². The van der Waals surface area contributed by atoms with Gasteiger partial charge in [0.05, 0.1) is 11.3 Å². The van der Waals surface area contributed by atoms with E-state index in [0.717, 1.165) is 24.2 Å². The molecule has 34 heavy (non-hydrogen) atoms. The standard InChI is InChI=1S/C30H42N2O2/c1-3-5-7-9-11-15-21-32(22-16-12-10-8-6-4-2)26-19-18-25-23-27(28-17-13-14-20-31-28)30(33)34-29(25)24-26/h13-14,17-20,23-24H,3-12,15-16,21-22H2,1-2H3. The summed E-state index contributed by atoms with van der Waals surface area (Å²) in [6.07, 6.45) is 17.3. The number of rotatable bonds is 16. The van der Waals surface area contributed by atoms with Crippen molar-refractivity contribution in [3.05, 3.63) is 59.1 Å². The van der Waals surface area contributed by atoms with Gasteiger partial charge in [-0.1, -0.05) is 84.1 Å². The van der Waals surface area contributed by atoms with Gasteiger partial charge in [0.1, 0.15) is 5.58 Å². The molecule has 0 aliphatic heterocycles. The minimum Gasteiger partial charge on any atom is -0.422 e. The van der Waals surface area contributed by atoms with E-state index in [1.54, 1.807) is 6.20 Å². The number of anilines is 1. The third kappa shape index (κ3) is 8.00. The van der Waals surface area contributed by atoms with E-state index in [4.69, 9.17) is 4.42 Å². The topological polar surface area (TPSA) is 46.3 Å². The highest BCUT2D eigenvalue weighted by Gasteiger charge is 2.12. The van der Waals surface area contributed by atoms with Gasteiger partial charge in [-0.2, -0.15) is 0 Å². The zero-order valence-electron chi connectivity index (χ0n) is 21.2. The van der Waals surface area contributed by atoms with E-state index in [0.29, 0.717) is 16.8 Å². The van der Waals surface area contributed by atoms with Crippen molar-refractivity contribution in [2.24, 2.45) is 0 Å². The second-order valence-corrected chi connectivity index (χ2v) is 9.41. The molecule has 0 fully saturated rings. The summed E-state index contributed by atoms with van der Waals surface area (Å²) >= 11 is 0. The first-order valence-electron chi connectivity index (χ1n) is 13.5. The molecular formula is C30H42N2O2. The number of hydrogen-bond acceptors (Lipinski definition) is 4. The zero-order valence-corrected chi connectivity index (χ0v) is 21.2. The maximum absolute atomic E-state index is 12.7. The molecule has 0 atom stereocenters. The van der Waals surface area contributed by atoms with Crippen molar-refractivity contribution in [2.45, 2.75) is 90.9 Å². The molecule has 0 spiro atoms. The molecule has 184 valence electrons. The minimum atomic E-state index is -0.332. The Morgan fingerprint density at radius 2 is 1.41 bits per heavy atom. The SMILES string of the molecule is CCCCCCCCN(CCCCCCCC)c1ccc2cc(-c3ccccn3)c(=O)oc2c1. The molecule has 3 aromatic rings. The average molecular weight is 463 g/mol. The molecule has 0 N–H and O–H groups in total. The molecule has 0 radical (unpaired) electrons. The molecular weight excluding hydrogens is 420 g/mol. The molecule has 0 bridgehead atoms. The fourth-order valence-electron chi connectivity index (χ4n) is 4.53. The van der Waals surface area contributed by atoms with E-state index >= 15 is 0 Å². The van der Waals surface area contributed by atoms with Crippen LogP contribution in [0.2, 0.25) is 0 Å². The largest absolute Gasteiger partial charge is 0.422 e. The first-order chi connectivity index (χ1) is 16.7. The second kappa shape index (κ2) is 14.6. The van der Waals surface area contributed by atoms with Crippen LogP contribution in [-0.2, 0) is 0 Å². The van der Waals surface area contributed by atoms with Crippen LogP contribution >= 0.6 is 0 Å². The maximum atomic E-state index is 12.7. The Labute approximate surface area is 205 Å². The monoisotopic (exact) mass is 462 g/mol. The Morgan fingerprint density at radius 3 is 2.03 bits per heavy atom. The van der Waals surface area contributed by atoms with Crippen LogP contribution in [0.3, 0.4) is 0 Å². The number of aromatic nitrogens is 1. The number of benzene rings is 1. The second-order valence-electron chi connectivity index (χ2n) is 9.41. The fourth-order valence-corrected chi connectivity index (χ4v) is 4.53. The van der Waals surface area contributed by atoms with Gasteiger partial charge in [0.25, 0.3) is 0 Å². The van der Waals surface area contributed by atoms with Crippen molar-refractivity contribution in [2.75, 3.05) is 18.0 Å². The predicted octanol–water partition coefficient (Wildman–Crippen LogP) is 8.38. The molecule has 1 aromatic carbocycles. The van der Waals surface area contributed by atoms with Gasteiger partial charge in [-0.05, 0) is 43.2 Å². The lowest BCUT2D eigenvalue weighted by atomic mass is 10.1. The van der Waals surface area contributed by atoms with E-state index in [-0.39, 0.29) is 5.63 Å². The lowest BCUT2D eigenvalue weighted by Gasteiger charge is -2.25. The van der Waals surface area contributed by atoms with E-state index in [1.807, 2.05) is 30.3 Å². The third-order valence-corrected chi connectivity index (χ3v) is 6.59. The minimum absolute atomic E-state index is 0.332. The molecule has 2 heterocycles. The first kappa shape index (κ1) is 26.0. The number of pyridine rings is 1. The predicted molar refractivity (Wildman–Crippen MR) is 145 cm³/mol. The summed E-state index contributed by atoms with van der Waals surface area (Å²) in [5, 5.41) is 0.933. The van der Waals surface area contributed by atoms with E-state index < -0.39 is 0 Å². The van der Waals surface area contributed by atoms with Gasteiger partial charge >= 0.3 is 5.63 Å². The van der Waals surface area contributed by atoms with Gasteiger partial charge in [0.15, 0.2) is 0 Å². The number of nitrogens with zero attached hydrogens (tertiary/aromatic N) is 2. The lowest BCUT2D eigenvalue weighted by molar-refractivity contribution is 0.561. The summed E-state index contributed by atoms with van der Waals surface area (Å²) < 4.78 is 5.76. The lowest BCUT2D eigenvalue weighted by Crippen LogP contribution is -2.25. The number of unbranched alkanes of at least 4 members (excludes halogenated alkanes) is 10. The third-order valence-electron chi connectivity index (χ3n) is 6.59. The van der Waals surface area contributed by atoms with Crippen molar-refractivity contribution in [3.63, 3.8) is 0 Å². The molecule has 0 saturated carbocycles. The van der Waals surface area contributed by atoms with Gasteiger partial charge in [0, 0.05) is 36.4 Å². The van der Waals surface area contributed by atoms with E-state index in [9.17, 15) is 4.79 Å². The molecule has 0 unspecified atom stereocenters. The Kier molecular flexibility index (Phi) is 11.2. The highest BCUT2D eigenvalue weighted by atomic mass is 16.4. The molecule has 0 saturated heterocycles. The summed E-state index contributed by atoms with van der Waals surface area (Å²) in [5.74, 6) is 0. The first-order valence-corrected chi connectivity index (χ1v) is 13.5. The Hall–Kier alpha value is -2.62. The maximum Gasteiger partial charge on any atom is 0.345 e. The molecule has 0 amide bonds. The van der Waals surface area contributed by atoms with Crippen molar-refractivity contribution < 1.29 is 4.42 Å². The van der Waals surface area contributed by atoms with Crippen LogP contribution in [-0.4, -0.2) is 18.1 Å². The highest BCUT2D eigenvalue weighted by molar-refractivity contribution is 5.84. The van der Waals surface area contributed by atoms with Gasteiger partial charge in [-0.3, -0.25) is 4.98 Å². The normalized spacial score (nSPS) is 11.2. The molecule has 4 heteroatoms. The molecule has 0 aliphatic rings. The smallest absolute Gasteiger partial charge is 0.345 e. The Bertz CT molecular complexity index is 1010. The number of fused-ring (bicyclic) bond motifs is 1. The van der Waals surface area contributed by atoms with Crippen molar-refractivity contribution >= 4 is 16.7 Å². The van der Waals surface area contributed by atoms with Gasteiger partial charge in [-0.25, -0.2) is 4.79 Å². The molecule has 2 aromatic heterocycles. The van der Waals surface area contributed by atoms with Crippen molar-refractivity contribution in [1.82, 2.24) is 4.98 Å². The summed E-state index contributed by atoms with van der Waals surface area (Å²) in [6, 6.07) is 13.8. The van der Waals surface area contributed by atoms with Crippen LogP contribution in [0.4, 0.5) is 5.69 Å². The fraction of sp³-hybridized carbons (Fsp3) is 0.533. The van der Waals surface area contributed by atoms with Crippen LogP contribution in [0.1, 0.15) is 90.9 Å². The summed E-state index contributed by atoms with van der Waals surface area (Å²) in [4.78, 5) is 19.5. The van der Waals surface area contributed by atoms with Gasteiger partial charge in [-0.15, -0.1) is 0 Å². The van der Waals surface area contributed by atoms with Crippen molar-refractivity contribution in [1.29, 1.82) is 0 Å². The highest BCUT2D eigenvalue weighted by Crippen LogP contribution is 2.25. The Morgan fingerprint density at radius 1 is 0.765 bits per heavy atom. The molecule has 0 aliphatic carbocycles. The zero-order chi connectivity index (χ0) is 24.0. The number of hydrogen-bond donors (Lipinski definition) is 0. The summed E-state index contributed by atoms with van der Waals surface area (Å²) in [6.45, 7) is 6.64. The van der Waals surface area contributed by atoms with E-state index in [1.165, 1.54) is 77.0 Å². The molecule has 3 rings (SSSR count). The van der Waals surface area contributed by atoms with Crippen molar-refractivity contribution in [3.8, 4) is 11.3 Å². The molecule has 4 nitrogen and oxygen atoms in total. The van der Waals surface area contributed by atoms with Gasteiger partial charge in [0.2, 0.25) is 0 Å². The van der Waals surface area contributed by atoms with Gasteiger partial charge < -0.3 is 9.32 Å². The van der Waals surface area contributed by atoms with Crippen LogP contribution < -0.4 is 10.5 Å². The summed E-state index contributed by atoms with van der Waals surface area (Å²) in [7, 11) is 0. The Balaban J connectivity index is 1.71.